The summed E-state index contributed by atoms with van der Waals surface area (Å²) in [6.45, 7) is 0. The van der Waals surface area contributed by atoms with Gasteiger partial charge in [0.1, 0.15) is 0 Å². The van der Waals surface area contributed by atoms with Gasteiger partial charge in [-0.1, -0.05) is 11.6 Å². The summed E-state index contributed by atoms with van der Waals surface area (Å²) >= 11 is 2.23. The number of hydrogen-bond acceptors (Lipinski definition) is 3. The van der Waals surface area contributed by atoms with E-state index in [1.807, 2.05) is 0 Å². The van der Waals surface area contributed by atoms with Crippen LogP contribution in [0, 0.1) is 15.4 Å². The van der Waals surface area contributed by atoms with Crippen molar-refractivity contribution in [2.75, 3.05) is 5.73 Å². The molecule has 3 nitrogen and oxygen atoms in total. The van der Waals surface area contributed by atoms with Crippen molar-refractivity contribution in [1.82, 2.24) is 5.16 Å². The molecule has 2 saturated carbocycles. The number of nitrogens with zero attached hydrogens (tertiary/aromatic N) is 1. The van der Waals surface area contributed by atoms with Gasteiger partial charge >= 0.3 is 0 Å². The van der Waals surface area contributed by atoms with E-state index in [1.54, 1.807) is 0 Å². The summed E-state index contributed by atoms with van der Waals surface area (Å²) in [4.78, 5) is 0. The monoisotopic (exact) mass is 290 g/mol. The molecular weight excluding hydrogens is 279 g/mol. The number of nitrogen functional groups attached to an aromatic ring is 1. The van der Waals surface area contributed by atoms with Crippen LogP contribution >= 0.6 is 22.6 Å². The van der Waals surface area contributed by atoms with E-state index in [2.05, 4.69) is 27.7 Å². The van der Waals surface area contributed by atoms with Gasteiger partial charge < -0.3 is 10.3 Å². The molecule has 0 saturated heterocycles. The van der Waals surface area contributed by atoms with Crippen molar-refractivity contribution in [3.05, 3.63) is 9.33 Å². The van der Waals surface area contributed by atoms with Crippen LogP contribution in [0.4, 0.5) is 5.82 Å². The Bertz CT molecular complexity index is 339. The fourth-order valence-corrected chi connectivity index (χ4v) is 3.28. The van der Waals surface area contributed by atoms with Crippen LogP contribution in [-0.4, -0.2) is 5.16 Å². The van der Waals surface area contributed by atoms with Crippen LogP contribution in [0.15, 0.2) is 4.52 Å². The van der Waals surface area contributed by atoms with E-state index >= 15 is 0 Å². The average molecular weight is 290 g/mol. The lowest BCUT2D eigenvalue weighted by Crippen LogP contribution is -1.90. The number of halogens is 1. The van der Waals surface area contributed by atoms with Crippen molar-refractivity contribution >= 4 is 28.4 Å². The highest BCUT2D eigenvalue weighted by molar-refractivity contribution is 14.1. The minimum Gasteiger partial charge on any atom is -0.380 e. The molecule has 1 aromatic heterocycles. The molecule has 70 valence electrons. The van der Waals surface area contributed by atoms with E-state index in [0.29, 0.717) is 11.7 Å². The van der Waals surface area contributed by atoms with Crippen LogP contribution in [0.5, 0.6) is 0 Å². The number of fused-ring (bicyclic) bond motifs is 1. The first-order valence-corrected chi connectivity index (χ1v) is 5.77. The van der Waals surface area contributed by atoms with Gasteiger partial charge in [0.15, 0.2) is 11.6 Å². The Hall–Kier alpha value is -0.260. The normalized spacial score (nSPS) is 36.2. The van der Waals surface area contributed by atoms with E-state index in [9.17, 15) is 0 Å². The molecule has 0 spiro atoms. The van der Waals surface area contributed by atoms with Gasteiger partial charge in [-0.25, -0.2) is 0 Å². The Labute approximate surface area is 90.2 Å². The Morgan fingerprint density at radius 3 is 2.62 bits per heavy atom. The van der Waals surface area contributed by atoms with E-state index in [4.69, 9.17) is 10.3 Å². The molecule has 2 aliphatic rings. The molecule has 1 aromatic rings. The first kappa shape index (κ1) is 8.08. The molecule has 2 unspecified atom stereocenters. The Kier molecular flexibility index (Phi) is 1.63. The SMILES string of the molecule is Nc1noc(C2C3CCCC32)c1I. The third-order valence-electron chi connectivity index (χ3n) is 3.39. The number of nitrogens with two attached hydrogens (primary N) is 1. The number of rotatable bonds is 1. The molecular formula is C9H11IN2O. The lowest BCUT2D eigenvalue weighted by Gasteiger charge is -1.97. The predicted octanol–water partition coefficient (Wildman–Crippen LogP) is 2.37. The second-order valence-electron chi connectivity index (χ2n) is 4.03. The maximum atomic E-state index is 5.64. The maximum Gasteiger partial charge on any atom is 0.180 e. The Morgan fingerprint density at radius 1 is 1.38 bits per heavy atom. The quantitative estimate of drug-likeness (QED) is 0.808. The molecule has 0 amide bonds. The molecule has 2 atom stereocenters. The van der Waals surface area contributed by atoms with Gasteiger partial charge in [0.2, 0.25) is 0 Å². The zero-order chi connectivity index (χ0) is 9.00. The fourth-order valence-electron chi connectivity index (χ4n) is 2.72. The molecule has 2 aliphatic carbocycles. The van der Waals surface area contributed by atoms with Gasteiger partial charge in [-0.05, 0) is 47.3 Å². The van der Waals surface area contributed by atoms with Crippen molar-refractivity contribution in [1.29, 1.82) is 0 Å². The molecule has 13 heavy (non-hydrogen) atoms. The Morgan fingerprint density at radius 2 is 2.08 bits per heavy atom. The van der Waals surface area contributed by atoms with Crippen LogP contribution in [0.1, 0.15) is 30.9 Å². The highest BCUT2D eigenvalue weighted by atomic mass is 127. The van der Waals surface area contributed by atoms with Crippen LogP contribution in [-0.2, 0) is 0 Å². The molecule has 3 rings (SSSR count). The van der Waals surface area contributed by atoms with Crippen LogP contribution in [0.2, 0.25) is 0 Å². The molecule has 1 heterocycles. The zero-order valence-corrected chi connectivity index (χ0v) is 9.32. The van der Waals surface area contributed by atoms with Crippen LogP contribution in [0.25, 0.3) is 0 Å². The molecule has 2 N–H and O–H groups in total. The number of aromatic nitrogens is 1. The van der Waals surface area contributed by atoms with Gasteiger partial charge in [0, 0.05) is 5.92 Å². The largest absolute Gasteiger partial charge is 0.380 e. The average Bonchev–Trinajstić information content (AvgIpc) is 2.49. The first-order chi connectivity index (χ1) is 6.29. The molecule has 0 aliphatic heterocycles. The van der Waals surface area contributed by atoms with Crippen molar-refractivity contribution < 1.29 is 4.52 Å². The lowest BCUT2D eigenvalue weighted by atomic mass is 10.1. The van der Waals surface area contributed by atoms with Crippen LogP contribution < -0.4 is 5.73 Å². The smallest absolute Gasteiger partial charge is 0.180 e. The molecule has 2 fully saturated rings. The zero-order valence-electron chi connectivity index (χ0n) is 7.16. The number of hydrogen-bond donors (Lipinski definition) is 1. The second-order valence-corrected chi connectivity index (χ2v) is 5.11. The third kappa shape index (κ3) is 1.04. The fraction of sp³-hybridized carbons (Fsp3) is 0.667. The summed E-state index contributed by atoms with van der Waals surface area (Å²) in [5.74, 6) is 4.00. The summed E-state index contributed by atoms with van der Waals surface area (Å²) in [7, 11) is 0. The highest BCUT2D eigenvalue weighted by Crippen LogP contribution is 2.63. The van der Waals surface area contributed by atoms with E-state index in [0.717, 1.165) is 21.2 Å². The topological polar surface area (TPSA) is 52.0 Å². The third-order valence-corrected chi connectivity index (χ3v) is 4.48. The number of anilines is 1. The van der Waals surface area contributed by atoms with Crippen molar-refractivity contribution in [2.45, 2.75) is 25.2 Å². The molecule has 0 aromatic carbocycles. The van der Waals surface area contributed by atoms with Gasteiger partial charge in [-0.3, -0.25) is 0 Å². The lowest BCUT2D eigenvalue weighted by molar-refractivity contribution is 0.374. The van der Waals surface area contributed by atoms with E-state index in [-0.39, 0.29) is 0 Å². The van der Waals surface area contributed by atoms with Crippen LogP contribution in [0.3, 0.4) is 0 Å². The van der Waals surface area contributed by atoms with Gasteiger partial charge in [-0.2, -0.15) is 0 Å². The standard InChI is InChI=1S/C9H11IN2O/c10-7-8(13-12-9(7)11)6-4-2-1-3-5(4)6/h4-6H,1-3H2,(H2,11,12). The van der Waals surface area contributed by atoms with Crippen molar-refractivity contribution in [3.8, 4) is 0 Å². The summed E-state index contributed by atoms with van der Waals surface area (Å²) < 4.78 is 6.31. The second kappa shape index (κ2) is 2.62. The van der Waals surface area contributed by atoms with Gasteiger partial charge in [0.25, 0.3) is 0 Å². The highest BCUT2D eigenvalue weighted by Gasteiger charge is 2.56. The van der Waals surface area contributed by atoms with Gasteiger partial charge in [-0.15, -0.1) is 0 Å². The van der Waals surface area contributed by atoms with Gasteiger partial charge in [0.05, 0.1) is 3.57 Å². The maximum absolute atomic E-state index is 5.64. The van der Waals surface area contributed by atoms with Crippen molar-refractivity contribution in [3.63, 3.8) is 0 Å². The predicted molar refractivity (Wildman–Crippen MR) is 57.2 cm³/mol. The summed E-state index contributed by atoms with van der Waals surface area (Å²) in [6, 6.07) is 0. The Balaban J connectivity index is 1.91. The molecule has 0 bridgehead atoms. The first-order valence-electron chi connectivity index (χ1n) is 4.69. The molecule has 0 radical (unpaired) electrons. The molecule has 4 heteroatoms. The van der Waals surface area contributed by atoms with E-state index < -0.39 is 0 Å². The summed E-state index contributed by atoms with van der Waals surface area (Å²) in [5, 5.41) is 3.80. The van der Waals surface area contributed by atoms with Crippen molar-refractivity contribution in [2.24, 2.45) is 11.8 Å². The summed E-state index contributed by atoms with van der Waals surface area (Å²) in [6.07, 6.45) is 4.13. The minimum absolute atomic E-state index is 0.556. The summed E-state index contributed by atoms with van der Waals surface area (Å²) in [5.41, 5.74) is 5.64. The van der Waals surface area contributed by atoms with E-state index in [1.165, 1.54) is 19.3 Å². The minimum atomic E-state index is 0.556.